The molecule has 0 N–H and O–H groups in total. The van der Waals surface area contributed by atoms with E-state index >= 15 is 0 Å². The second kappa shape index (κ2) is 5.07. The van der Waals surface area contributed by atoms with Crippen LogP contribution in [-0.4, -0.2) is 35.6 Å². The zero-order valence-electron chi connectivity index (χ0n) is 9.96. The van der Waals surface area contributed by atoms with E-state index in [2.05, 4.69) is 20.2 Å². The summed E-state index contributed by atoms with van der Waals surface area (Å²) in [6, 6.07) is -0.547. The first-order chi connectivity index (χ1) is 8.80. The van der Waals surface area contributed by atoms with Gasteiger partial charge in [0.05, 0.1) is 0 Å². The van der Waals surface area contributed by atoms with E-state index in [-0.39, 0.29) is 11.7 Å². The van der Waals surface area contributed by atoms with Crippen molar-refractivity contribution in [3.63, 3.8) is 0 Å². The van der Waals surface area contributed by atoms with E-state index in [1.54, 1.807) is 0 Å². The van der Waals surface area contributed by atoms with Gasteiger partial charge in [0.1, 0.15) is 18.5 Å². The Bertz CT molecular complexity index is 586. The summed E-state index contributed by atoms with van der Waals surface area (Å²) in [4.78, 5) is 19.9. The Kier molecular flexibility index (Phi) is 3.80. The van der Waals surface area contributed by atoms with Crippen LogP contribution >= 0.6 is 34.8 Å². The average Bonchev–Trinajstić information content (AvgIpc) is 2.96. The van der Waals surface area contributed by atoms with Crippen molar-refractivity contribution < 1.29 is 4.79 Å². The SMILES string of the molecule is CC(C)c1nc(C(Cl)(Cl)Cl)nn1C(=O)n1cncn1. The zero-order valence-corrected chi connectivity index (χ0v) is 12.2. The average molecular weight is 324 g/mol. The molecule has 0 spiro atoms. The van der Waals surface area contributed by atoms with Gasteiger partial charge >= 0.3 is 6.03 Å². The number of hydrogen-bond donors (Lipinski definition) is 0. The van der Waals surface area contributed by atoms with Gasteiger partial charge in [-0.3, -0.25) is 0 Å². The van der Waals surface area contributed by atoms with Crippen LogP contribution in [0.25, 0.3) is 0 Å². The smallest absolute Gasteiger partial charge is 0.243 e. The lowest BCUT2D eigenvalue weighted by Crippen LogP contribution is -2.24. The third-order valence-corrected chi connectivity index (χ3v) is 2.71. The number of nitrogens with zero attached hydrogens (tertiary/aromatic N) is 6. The molecule has 2 rings (SSSR count). The summed E-state index contributed by atoms with van der Waals surface area (Å²) >= 11 is 17.2. The molecule has 0 amide bonds. The number of carbonyl (C=O) groups is 1. The number of aromatic nitrogens is 6. The van der Waals surface area contributed by atoms with Crippen LogP contribution in [0.3, 0.4) is 0 Å². The molecule has 10 heteroatoms. The fourth-order valence-electron chi connectivity index (χ4n) is 1.36. The predicted molar refractivity (Wildman–Crippen MR) is 69.6 cm³/mol. The molecular formula is C9H9Cl3N6O. The van der Waals surface area contributed by atoms with Gasteiger partial charge in [-0.2, -0.15) is 14.5 Å². The first-order valence-corrected chi connectivity index (χ1v) is 6.37. The molecular weight excluding hydrogens is 314 g/mol. The van der Waals surface area contributed by atoms with E-state index in [0.717, 1.165) is 9.36 Å². The van der Waals surface area contributed by atoms with Gasteiger partial charge in [0.2, 0.25) is 5.82 Å². The number of alkyl halides is 3. The topological polar surface area (TPSA) is 78.5 Å². The quantitative estimate of drug-likeness (QED) is 0.753. The van der Waals surface area contributed by atoms with Crippen molar-refractivity contribution >= 4 is 40.8 Å². The molecule has 0 atom stereocenters. The van der Waals surface area contributed by atoms with E-state index in [0.29, 0.717) is 5.82 Å². The van der Waals surface area contributed by atoms with Crippen molar-refractivity contribution in [2.45, 2.75) is 23.6 Å². The van der Waals surface area contributed by atoms with E-state index in [1.807, 2.05) is 13.8 Å². The molecule has 0 aliphatic heterocycles. The molecule has 102 valence electrons. The molecule has 19 heavy (non-hydrogen) atoms. The minimum atomic E-state index is -1.79. The van der Waals surface area contributed by atoms with Crippen LogP contribution in [0, 0.1) is 0 Å². The molecule has 0 aromatic carbocycles. The predicted octanol–water partition coefficient (Wildman–Crippen LogP) is 2.34. The molecule has 0 aliphatic carbocycles. The van der Waals surface area contributed by atoms with Crippen LogP contribution in [0.1, 0.15) is 31.4 Å². The Morgan fingerprint density at radius 1 is 1.37 bits per heavy atom. The molecule has 0 saturated heterocycles. The van der Waals surface area contributed by atoms with Crippen molar-refractivity contribution in [3.05, 3.63) is 24.3 Å². The molecule has 2 aromatic rings. The minimum Gasteiger partial charge on any atom is -0.243 e. The van der Waals surface area contributed by atoms with Crippen molar-refractivity contribution in [2.24, 2.45) is 0 Å². The molecule has 0 saturated carbocycles. The Labute approximate surface area is 123 Å². The van der Waals surface area contributed by atoms with Crippen LogP contribution in [-0.2, 0) is 3.79 Å². The monoisotopic (exact) mass is 322 g/mol. The molecule has 0 fully saturated rings. The van der Waals surface area contributed by atoms with Gasteiger partial charge < -0.3 is 0 Å². The lowest BCUT2D eigenvalue weighted by molar-refractivity contribution is 0.237. The number of rotatable bonds is 1. The lowest BCUT2D eigenvalue weighted by Gasteiger charge is -2.05. The van der Waals surface area contributed by atoms with Crippen molar-refractivity contribution in [1.29, 1.82) is 0 Å². The second-order valence-electron chi connectivity index (χ2n) is 3.98. The lowest BCUT2D eigenvalue weighted by atomic mass is 10.2. The number of carbonyl (C=O) groups excluding carboxylic acids is 1. The second-order valence-corrected chi connectivity index (χ2v) is 6.26. The van der Waals surface area contributed by atoms with E-state index in [9.17, 15) is 4.79 Å². The highest BCUT2D eigenvalue weighted by Gasteiger charge is 2.32. The highest BCUT2D eigenvalue weighted by Crippen LogP contribution is 2.36. The maximum absolute atomic E-state index is 12.2. The van der Waals surface area contributed by atoms with E-state index in [1.165, 1.54) is 12.7 Å². The summed E-state index contributed by atoms with van der Waals surface area (Å²) in [6.07, 6.45) is 2.49. The summed E-state index contributed by atoms with van der Waals surface area (Å²) in [6.45, 7) is 3.69. The molecule has 0 radical (unpaired) electrons. The van der Waals surface area contributed by atoms with E-state index in [4.69, 9.17) is 34.8 Å². The molecule has 0 bridgehead atoms. The van der Waals surface area contributed by atoms with Crippen molar-refractivity contribution in [1.82, 2.24) is 29.5 Å². The largest absolute Gasteiger partial charge is 0.372 e. The highest BCUT2D eigenvalue weighted by atomic mass is 35.6. The van der Waals surface area contributed by atoms with Crippen LogP contribution in [0.2, 0.25) is 0 Å². The summed E-state index contributed by atoms with van der Waals surface area (Å²) in [5, 5.41) is 7.66. The first kappa shape index (κ1) is 14.2. The fourth-order valence-corrected chi connectivity index (χ4v) is 1.60. The van der Waals surface area contributed by atoms with Crippen LogP contribution < -0.4 is 0 Å². The molecule has 0 unspecified atom stereocenters. The van der Waals surface area contributed by atoms with Gasteiger partial charge in [0.25, 0.3) is 3.79 Å². The summed E-state index contributed by atoms with van der Waals surface area (Å²) in [7, 11) is 0. The van der Waals surface area contributed by atoms with Gasteiger partial charge in [0.15, 0.2) is 0 Å². The Balaban J connectivity index is 2.50. The van der Waals surface area contributed by atoms with Crippen LogP contribution in [0.5, 0.6) is 0 Å². The fraction of sp³-hybridized carbons (Fsp3) is 0.444. The molecule has 0 aliphatic rings. The van der Waals surface area contributed by atoms with Gasteiger partial charge in [0, 0.05) is 5.92 Å². The van der Waals surface area contributed by atoms with Gasteiger partial charge in [-0.25, -0.2) is 14.8 Å². The third-order valence-electron chi connectivity index (χ3n) is 2.20. The van der Waals surface area contributed by atoms with Gasteiger partial charge in [-0.05, 0) is 0 Å². The Morgan fingerprint density at radius 2 is 2.05 bits per heavy atom. The molecule has 7 nitrogen and oxygen atoms in total. The third kappa shape index (κ3) is 2.88. The van der Waals surface area contributed by atoms with Crippen LogP contribution in [0.15, 0.2) is 12.7 Å². The Hall–Kier alpha value is -1.18. The molecule has 2 heterocycles. The zero-order chi connectivity index (χ0) is 14.2. The van der Waals surface area contributed by atoms with E-state index < -0.39 is 9.82 Å². The standard InChI is InChI=1S/C9H9Cl3N6O/c1-5(2)6-15-7(9(10,11)12)16-18(6)8(19)17-4-13-3-14-17/h3-5H,1-2H3. The maximum Gasteiger partial charge on any atom is 0.372 e. The number of halogens is 3. The highest BCUT2D eigenvalue weighted by molar-refractivity contribution is 6.66. The Morgan fingerprint density at radius 3 is 2.53 bits per heavy atom. The summed E-state index contributed by atoms with van der Waals surface area (Å²) in [5.74, 6) is 0.234. The van der Waals surface area contributed by atoms with Crippen LogP contribution in [0.4, 0.5) is 4.79 Å². The van der Waals surface area contributed by atoms with Crippen molar-refractivity contribution in [3.8, 4) is 0 Å². The molecule has 2 aromatic heterocycles. The summed E-state index contributed by atoms with van der Waals surface area (Å²) < 4.78 is 0.275. The first-order valence-electron chi connectivity index (χ1n) is 5.24. The van der Waals surface area contributed by atoms with Gasteiger partial charge in [-0.15, -0.1) is 5.10 Å². The van der Waals surface area contributed by atoms with Crippen molar-refractivity contribution in [2.75, 3.05) is 0 Å². The normalized spacial score (nSPS) is 12.1. The number of hydrogen-bond acceptors (Lipinski definition) is 5. The van der Waals surface area contributed by atoms with Gasteiger partial charge in [-0.1, -0.05) is 48.7 Å². The maximum atomic E-state index is 12.2. The minimum absolute atomic E-state index is 0.0605. The summed E-state index contributed by atoms with van der Waals surface area (Å²) in [5.41, 5.74) is 0.